The third kappa shape index (κ3) is 5.29. The van der Waals surface area contributed by atoms with Gasteiger partial charge in [0, 0.05) is 18.8 Å². The van der Waals surface area contributed by atoms with E-state index >= 15 is 0 Å². The molecule has 0 spiro atoms. The van der Waals surface area contributed by atoms with Crippen LogP contribution in [0.1, 0.15) is 19.4 Å². The Morgan fingerprint density at radius 2 is 1.69 bits per heavy atom. The Morgan fingerprint density at radius 1 is 1.10 bits per heavy atom. The molecular formula is C19H20ClF3N2O3S. The predicted molar refractivity (Wildman–Crippen MR) is 105 cm³/mol. The maximum atomic E-state index is 13.1. The first-order valence-electron chi connectivity index (χ1n) is 8.56. The van der Waals surface area contributed by atoms with Crippen LogP contribution in [0.5, 0.6) is 0 Å². The summed E-state index contributed by atoms with van der Waals surface area (Å²) < 4.78 is 65.4. The number of carbonyl (C=O) groups is 1. The molecule has 0 saturated carbocycles. The molecule has 0 unspecified atom stereocenters. The third-order valence-electron chi connectivity index (χ3n) is 4.13. The van der Waals surface area contributed by atoms with Gasteiger partial charge < -0.3 is 4.90 Å². The number of benzene rings is 2. The lowest BCUT2D eigenvalue weighted by molar-refractivity contribution is -0.137. The molecule has 0 atom stereocenters. The Labute approximate surface area is 172 Å². The largest absolute Gasteiger partial charge is 0.417 e. The van der Waals surface area contributed by atoms with Crippen LogP contribution in [-0.2, 0) is 21.0 Å². The van der Waals surface area contributed by atoms with Crippen molar-refractivity contribution >= 4 is 33.2 Å². The molecule has 5 nitrogen and oxygen atoms in total. The minimum atomic E-state index is -4.81. The van der Waals surface area contributed by atoms with Crippen molar-refractivity contribution in [3.05, 3.63) is 59.1 Å². The van der Waals surface area contributed by atoms with Gasteiger partial charge >= 0.3 is 6.18 Å². The zero-order chi connectivity index (χ0) is 22.0. The van der Waals surface area contributed by atoms with Crippen LogP contribution >= 0.6 is 11.6 Å². The summed E-state index contributed by atoms with van der Waals surface area (Å²) in [4.78, 5) is 13.6. The van der Waals surface area contributed by atoms with E-state index in [2.05, 4.69) is 0 Å². The van der Waals surface area contributed by atoms with Gasteiger partial charge in [0.2, 0.25) is 15.9 Å². The van der Waals surface area contributed by atoms with Gasteiger partial charge in [0.05, 0.1) is 22.0 Å². The van der Waals surface area contributed by atoms with Gasteiger partial charge in [-0.3, -0.25) is 4.79 Å². The number of halogens is 4. The van der Waals surface area contributed by atoms with Crippen molar-refractivity contribution in [2.24, 2.45) is 0 Å². The Balaban J connectivity index is 2.31. The summed E-state index contributed by atoms with van der Waals surface area (Å²) in [5.41, 5.74) is -0.669. The van der Waals surface area contributed by atoms with E-state index in [0.29, 0.717) is 11.8 Å². The number of hydrogen-bond acceptors (Lipinski definition) is 3. The Kier molecular flexibility index (Phi) is 6.97. The van der Waals surface area contributed by atoms with Gasteiger partial charge in [-0.25, -0.2) is 8.42 Å². The van der Waals surface area contributed by atoms with Crippen molar-refractivity contribution in [3.8, 4) is 0 Å². The molecule has 0 bridgehead atoms. The molecule has 0 aromatic heterocycles. The van der Waals surface area contributed by atoms with Crippen LogP contribution in [0.4, 0.5) is 18.9 Å². The van der Waals surface area contributed by atoms with Crippen molar-refractivity contribution in [1.29, 1.82) is 0 Å². The number of hydrogen-bond donors (Lipinski definition) is 0. The van der Waals surface area contributed by atoms with Crippen LogP contribution in [0, 0.1) is 0 Å². The summed E-state index contributed by atoms with van der Waals surface area (Å²) in [7, 11) is -3.21. The molecule has 0 aliphatic heterocycles. The Bertz CT molecular complexity index is 980. The van der Waals surface area contributed by atoms with E-state index in [9.17, 15) is 26.4 Å². The number of para-hydroxylation sites is 1. The predicted octanol–water partition coefficient (Wildman–Crippen LogP) is 4.42. The molecule has 0 heterocycles. The van der Waals surface area contributed by atoms with E-state index in [1.807, 2.05) is 0 Å². The molecule has 0 fully saturated rings. The van der Waals surface area contributed by atoms with E-state index in [0.717, 1.165) is 23.5 Å². The average Bonchev–Trinajstić information content (AvgIpc) is 2.61. The number of amides is 1. The van der Waals surface area contributed by atoms with Crippen LogP contribution in [0.2, 0.25) is 5.02 Å². The van der Waals surface area contributed by atoms with Crippen molar-refractivity contribution in [2.75, 3.05) is 18.5 Å². The van der Waals surface area contributed by atoms with Gasteiger partial charge in [-0.05, 0) is 44.2 Å². The Morgan fingerprint density at radius 3 is 2.21 bits per heavy atom. The highest BCUT2D eigenvalue weighted by molar-refractivity contribution is 7.89. The molecule has 0 N–H and O–H groups in total. The van der Waals surface area contributed by atoms with E-state index < -0.39 is 44.1 Å². The molecule has 158 valence electrons. The normalized spacial score (nSPS) is 12.4. The van der Waals surface area contributed by atoms with Crippen LogP contribution in [-0.4, -0.2) is 38.3 Å². The number of anilines is 1. The second-order valence-corrected chi connectivity index (χ2v) is 9.05. The minimum Gasteiger partial charge on any atom is -0.309 e. The highest BCUT2D eigenvalue weighted by Gasteiger charge is 2.35. The van der Waals surface area contributed by atoms with Crippen LogP contribution in [0.3, 0.4) is 0 Å². The van der Waals surface area contributed by atoms with Crippen molar-refractivity contribution < 1.29 is 26.4 Å². The standard InChI is InChI=1S/C19H20ClF3N2O3S/c1-13(2)25(14-7-5-4-6-8-14)18(26)12-24(3)29(27,28)15-9-10-17(20)16(11-15)19(21,22)23/h4-11,13H,12H2,1-3H3. The average molecular weight is 449 g/mol. The molecule has 0 saturated heterocycles. The SMILES string of the molecule is CC(C)N(C(=O)CN(C)S(=O)(=O)c1ccc(Cl)c(C(F)(F)F)c1)c1ccccc1. The molecule has 10 heteroatoms. The number of rotatable bonds is 6. The van der Waals surface area contributed by atoms with Gasteiger partial charge in [-0.15, -0.1) is 0 Å². The lowest BCUT2D eigenvalue weighted by atomic mass is 10.2. The summed E-state index contributed by atoms with van der Waals surface area (Å²) in [5, 5.41) is -0.606. The highest BCUT2D eigenvalue weighted by Crippen LogP contribution is 2.36. The summed E-state index contributed by atoms with van der Waals surface area (Å²) >= 11 is 5.55. The lowest BCUT2D eigenvalue weighted by Gasteiger charge is -2.29. The van der Waals surface area contributed by atoms with E-state index in [4.69, 9.17) is 11.6 Å². The maximum absolute atomic E-state index is 13.1. The molecule has 1 amide bonds. The number of likely N-dealkylation sites (N-methyl/N-ethyl adjacent to an activating group) is 1. The van der Waals surface area contributed by atoms with E-state index in [1.165, 1.54) is 4.90 Å². The van der Waals surface area contributed by atoms with E-state index in [-0.39, 0.29) is 6.04 Å². The van der Waals surface area contributed by atoms with Crippen molar-refractivity contribution in [2.45, 2.75) is 31.0 Å². The molecule has 2 rings (SSSR count). The van der Waals surface area contributed by atoms with Crippen molar-refractivity contribution in [3.63, 3.8) is 0 Å². The molecule has 2 aromatic carbocycles. The fraction of sp³-hybridized carbons (Fsp3) is 0.316. The number of alkyl halides is 3. The first kappa shape index (κ1) is 23.2. The molecule has 2 aromatic rings. The van der Waals surface area contributed by atoms with Gasteiger partial charge in [-0.1, -0.05) is 29.8 Å². The zero-order valence-electron chi connectivity index (χ0n) is 15.9. The van der Waals surface area contributed by atoms with Crippen LogP contribution in [0.15, 0.2) is 53.4 Å². The van der Waals surface area contributed by atoms with Crippen molar-refractivity contribution in [1.82, 2.24) is 4.31 Å². The second kappa shape index (κ2) is 8.73. The highest BCUT2D eigenvalue weighted by atomic mass is 35.5. The fourth-order valence-corrected chi connectivity index (χ4v) is 4.10. The first-order valence-corrected chi connectivity index (χ1v) is 10.4. The topological polar surface area (TPSA) is 57.7 Å². The molecule has 0 aliphatic rings. The minimum absolute atomic E-state index is 0.256. The van der Waals surface area contributed by atoms with Crippen LogP contribution < -0.4 is 4.90 Å². The monoisotopic (exact) mass is 448 g/mol. The fourth-order valence-electron chi connectivity index (χ4n) is 2.73. The summed E-state index contributed by atoms with van der Waals surface area (Å²) in [6.45, 7) is 3.00. The summed E-state index contributed by atoms with van der Waals surface area (Å²) in [6.07, 6.45) is -4.81. The maximum Gasteiger partial charge on any atom is 0.417 e. The quantitative estimate of drug-likeness (QED) is 0.657. The second-order valence-electron chi connectivity index (χ2n) is 6.59. The van der Waals surface area contributed by atoms with Gasteiger partial charge in [0.1, 0.15) is 0 Å². The van der Waals surface area contributed by atoms with Gasteiger partial charge in [-0.2, -0.15) is 17.5 Å². The summed E-state index contributed by atoms with van der Waals surface area (Å²) in [6, 6.07) is 10.7. The third-order valence-corrected chi connectivity index (χ3v) is 6.26. The smallest absolute Gasteiger partial charge is 0.309 e. The number of carbonyl (C=O) groups excluding carboxylic acids is 1. The van der Waals surface area contributed by atoms with Gasteiger partial charge in [0.15, 0.2) is 0 Å². The molecule has 0 radical (unpaired) electrons. The van der Waals surface area contributed by atoms with Crippen LogP contribution in [0.25, 0.3) is 0 Å². The molecule has 29 heavy (non-hydrogen) atoms. The van der Waals surface area contributed by atoms with E-state index in [1.54, 1.807) is 44.2 Å². The molecular weight excluding hydrogens is 429 g/mol. The number of sulfonamides is 1. The van der Waals surface area contributed by atoms with Gasteiger partial charge in [0.25, 0.3) is 0 Å². The molecule has 0 aliphatic carbocycles. The number of nitrogens with zero attached hydrogens (tertiary/aromatic N) is 2. The summed E-state index contributed by atoms with van der Waals surface area (Å²) in [5.74, 6) is -0.512. The lowest BCUT2D eigenvalue weighted by Crippen LogP contribution is -2.44. The zero-order valence-corrected chi connectivity index (χ0v) is 17.5. The first-order chi connectivity index (χ1) is 13.4. The Hall–Kier alpha value is -2.10.